The van der Waals surface area contributed by atoms with Crippen molar-refractivity contribution in [1.82, 2.24) is 25.1 Å². The third kappa shape index (κ3) is 7.92. The van der Waals surface area contributed by atoms with Gasteiger partial charge in [-0.15, -0.1) is 0 Å². The molecule has 288 valence electrons. The number of amides is 4. The molecular weight excluding hydrogens is 708 g/mol. The molecule has 0 radical (unpaired) electrons. The lowest BCUT2D eigenvalue weighted by atomic mass is 9.86. The Kier molecular flexibility index (Phi) is 11.3. The van der Waals surface area contributed by atoms with Gasteiger partial charge in [-0.2, -0.15) is 0 Å². The number of primary amides is 1. The lowest BCUT2D eigenvalue weighted by Gasteiger charge is -2.31. The first-order valence-corrected chi connectivity index (χ1v) is 18.3. The molecule has 0 saturated carbocycles. The number of cyclic esters (lactones) is 1. The Bertz CT molecular complexity index is 2240. The van der Waals surface area contributed by atoms with E-state index in [0.29, 0.717) is 36.2 Å². The predicted octanol–water partition coefficient (Wildman–Crippen LogP) is 2.57. The van der Waals surface area contributed by atoms with E-state index in [1.54, 1.807) is 35.8 Å². The van der Waals surface area contributed by atoms with Crippen molar-refractivity contribution >= 4 is 40.7 Å². The molecule has 15 nitrogen and oxygen atoms in total. The minimum Gasteiger partial charge on any atom is -0.458 e. The second kappa shape index (κ2) is 16.1. The number of nitrogens with zero attached hydrogens (tertiary/aromatic N) is 3. The lowest BCUT2D eigenvalue weighted by molar-refractivity contribution is -0.172. The fraction of sp³-hybridized carbons (Fsp3) is 0.375. The molecule has 4 heterocycles. The summed E-state index contributed by atoms with van der Waals surface area (Å²) in [5, 5.41) is 17.2. The summed E-state index contributed by atoms with van der Waals surface area (Å²) < 4.78 is 12.4. The van der Waals surface area contributed by atoms with Crippen LogP contribution in [0.4, 0.5) is 4.79 Å². The average Bonchev–Trinajstić information content (AvgIpc) is 3.53. The number of hydrogen-bond acceptors (Lipinski definition) is 10. The minimum atomic E-state index is -1.93. The van der Waals surface area contributed by atoms with Gasteiger partial charge in [0.25, 0.3) is 5.56 Å². The van der Waals surface area contributed by atoms with Crippen LogP contribution in [0.1, 0.15) is 67.3 Å². The summed E-state index contributed by atoms with van der Waals surface area (Å²) in [5.74, 6) is -2.26. The van der Waals surface area contributed by atoms with Gasteiger partial charge in [0.15, 0.2) is 5.60 Å². The van der Waals surface area contributed by atoms with Crippen molar-refractivity contribution in [3.05, 3.63) is 92.8 Å². The van der Waals surface area contributed by atoms with E-state index >= 15 is 0 Å². The first kappa shape index (κ1) is 38.6. The lowest BCUT2D eigenvalue weighted by Crippen LogP contribution is -2.50. The molecule has 0 bridgehead atoms. The van der Waals surface area contributed by atoms with E-state index in [1.807, 2.05) is 37.3 Å². The van der Waals surface area contributed by atoms with E-state index in [2.05, 4.69) is 10.6 Å². The Labute approximate surface area is 316 Å². The van der Waals surface area contributed by atoms with E-state index in [0.717, 1.165) is 22.1 Å². The van der Waals surface area contributed by atoms with Gasteiger partial charge < -0.3 is 40.4 Å². The van der Waals surface area contributed by atoms with E-state index in [4.69, 9.17) is 20.2 Å². The summed E-state index contributed by atoms with van der Waals surface area (Å²) in [4.78, 5) is 82.5. The van der Waals surface area contributed by atoms with Crippen LogP contribution in [0.25, 0.3) is 22.3 Å². The van der Waals surface area contributed by atoms with Crippen LogP contribution < -0.4 is 26.7 Å². The molecule has 2 aromatic heterocycles. The number of esters is 1. The SMILES string of the molecule is CCc1c2c(nc3ccc(OC(=O)N(C)CCNC(=O)[C@@H](CC(N)=O)NC(=O)CCCc4ccccc4)cc13)-c1cc3c(c(=O)n1C2)COC(=O)[C@]3(O)CC. The Balaban J connectivity index is 1.09. The highest BCUT2D eigenvalue weighted by molar-refractivity contribution is 5.92. The number of carbonyl (C=O) groups is 5. The molecule has 2 aliphatic rings. The average molecular weight is 753 g/mol. The number of carbonyl (C=O) groups excluding carboxylic acids is 5. The highest BCUT2D eigenvalue weighted by atomic mass is 16.6. The zero-order chi connectivity index (χ0) is 39.4. The molecule has 5 N–H and O–H groups in total. The summed E-state index contributed by atoms with van der Waals surface area (Å²) in [6.45, 7) is 3.71. The fourth-order valence-electron chi connectivity index (χ4n) is 7.12. The van der Waals surface area contributed by atoms with Gasteiger partial charge in [0, 0.05) is 43.1 Å². The zero-order valence-corrected chi connectivity index (χ0v) is 31.0. The number of hydrogen-bond donors (Lipinski definition) is 4. The topological polar surface area (TPSA) is 212 Å². The van der Waals surface area contributed by atoms with Crippen molar-refractivity contribution in [2.75, 3.05) is 20.1 Å². The van der Waals surface area contributed by atoms with Crippen molar-refractivity contribution in [2.24, 2.45) is 5.73 Å². The number of likely N-dealkylation sites (N-methyl/N-ethyl adjacent to an activating group) is 1. The highest BCUT2D eigenvalue weighted by Gasteiger charge is 2.45. The van der Waals surface area contributed by atoms with Crippen LogP contribution in [0.15, 0.2) is 59.4 Å². The van der Waals surface area contributed by atoms with Gasteiger partial charge in [0.05, 0.1) is 35.4 Å². The highest BCUT2D eigenvalue weighted by Crippen LogP contribution is 2.40. The molecule has 55 heavy (non-hydrogen) atoms. The Morgan fingerprint density at radius 3 is 2.56 bits per heavy atom. The summed E-state index contributed by atoms with van der Waals surface area (Å²) >= 11 is 0. The van der Waals surface area contributed by atoms with Crippen molar-refractivity contribution in [3.8, 4) is 17.1 Å². The maximum absolute atomic E-state index is 13.6. The number of pyridine rings is 2. The molecule has 0 unspecified atom stereocenters. The first-order valence-electron chi connectivity index (χ1n) is 18.3. The van der Waals surface area contributed by atoms with Crippen molar-refractivity contribution in [2.45, 2.75) is 77.2 Å². The smallest absolute Gasteiger partial charge is 0.415 e. The number of fused-ring (bicyclic) bond motifs is 5. The van der Waals surface area contributed by atoms with Gasteiger partial charge in [-0.25, -0.2) is 14.6 Å². The molecule has 4 amide bonds. The predicted molar refractivity (Wildman–Crippen MR) is 201 cm³/mol. The Hall–Kier alpha value is -6.09. The molecule has 4 aromatic rings. The molecule has 6 rings (SSSR count). The quantitative estimate of drug-likeness (QED) is 0.122. The summed E-state index contributed by atoms with van der Waals surface area (Å²) in [6.07, 6.45) is 0.962. The van der Waals surface area contributed by atoms with Crippen LogP contribution in [0.2, 0.25) is 0 Å². The van der Waals surface area contributed by atoms with Gasteiger partial charge in [-0.1, -0.05) is 44.2 Å². The fourth-order valence-corrected chi connectivity index (χ4v) is 7.12. The largest absolute Gasteiger partial charge is 0.458 e. The third-order valence-electron chi connectivity index (χ3n) is 10.2. The monoisotopic (exact) mass is 752 g/mol. The van der Waals surface area contributed by atoms with Gasteiger partial charge in [0.2, 0.25) is 17.7 Å². The maximum Gasteiger partial charge on any atom is 0.415 e. The summed E-state index contributed by atoms with van der Waals surface area (Å²) in [7, 11) is 1.50. The van der Waals surface area contributed by atoms with Crippen LogP contribution >= 0.6 is 0 Å². The number of nitrogens with two attached hydrogens (primary N) is 1. The number of rotatable bonds is 14. The zero-order valence-electron chi connectivity index (χ0n) is 31.0. The Morgan fingerprint density at radius 1 is 1.09 bits per heavy atom. The van der Waals surface area contributed by atoms with Crippen molar-refractivity contribution < 1.29 is 38.6 Å². The third-order valence-corrected chi connectivity index (χ3v) is 10.2. The molecular formula is C40H44N6O9. The van der Waals surface area contributed by atoms with Crippen molar-refractivity contribution in [3.63, 3.8) is 0 Å². The standard InChI is InChI=1S/C40H44N6O9/c1-4-25-26-18-24(14-15-30(26)44-35-27(25)21-46-32(35)19-29-28(37(46)50)22-54-38(51)40(29,53)5-2)55-39(52)45(3)17-16-42-36(49)31(20-33(41)47)43-34(48)13-9-12-23-10-7-6-8-11-23/h6-8,10-11,14-15,18-19,31,53H,4-5,9,12-13,16-17,20-22H2,1-3H3,(H2,41,47)(H,42,49)(H,43,48)/t31-,40+/m1/s1. The first-order chi connectivity index (χ1) is 26.3. The van der Waals surface area contributed by atoms with Gasteiger partial charge in [-0.05, 0) is 61.1 Å². The number of aromatic nitrogens is 2. The van der Waals surface area contributed by atoms with Gasteiger partial charge in [-0.3, -0.25) is 19.2 Å². The molecule has 0 fully saturated rings. The number of ether oxygens (including phenoxy) is 2. The second-order valence-corrected chi connectivity index (χ2v) is 13.8. The van der Waals surface area contributed by atoms with Crippen LogP contribution in [0.5, 0.6) is 5.75 Å². The van der Waals surface area contributed by atoms with Crippen molar-refractivity contribution in [1.29, 1.82) is 0 Å². The minimum absolute atomic E-state index is 0.0105. The number of aryl methyl sites for hydroxylation is 2. The Morgan fingerprint density at radius 2 is 1.85 bits per heavy atom. The van der Waals surface area contributed by atoms with E-state index in [-0.39, 0.29) is 73.8 Å². The van der Waals surface area contributed by atoms with Crippen LogP contribution in [0.3, 0.4) is 0 Å². The summed E-state index contributed by atoms with van der Waals surface area (Å²) in [6, 6.07) is 15.2. The van der Waals surface area contributed by atoms with Gasteiger partial charge >= 0.3 is 12.1 Å². The van der Waals surface area contributed by atoms with Gasteiger partial charge in [0.1, 0.15) is 18.4 Å². The van der Waals surface area contributed by atoms with Crippen LogP contribution in [-0.2, 0) is 55.5 Å². The number of nitrogens with one attached hydrogen (secondary N) is 2. The number of benzene rings is 2. The normalized spacial score (nSPS) is 16.0. The van der Waals surface area contributed by atoms with Crippen LogP contribution in [0, 0.1) is 0 Å². The van der Waals surface area contributed by atoms with E-state index in [9.17, 15) is 33.9 Å². The molecule has 0 aliphatic carbocycles. The molecule has 2 aromatic carbocycles. The maximum atomic E-state index is 13.6. The molecule has 2 aliphatic heterocycles. The molecule has 0 saturated heterocycles. The number of aliphatic hydroxyl groups is 1. The molecule has 15 heteroatoms. The summed E-state index contributed by atoms with van der Waals surface area (Å²) in [5.41, 5.74) is 8.02. The van der Waals surface area contributed by atoms with E-state index in [1.165, 1.54) is 11.9 Å². The molecule has 2 atom stereocenters. The van der Waals surface area contributed by atoms with Crippen LogP contribution in [-0.4, -0.2) is 75.5 Å². The second-order valence-electron chi connectivity index (χ2n) is 13.8. The molecule has 0 spiro atoms. The van der Waals surface area contributed by atoms with E-state index < -0.39 is 35.5 Å².